The minimum atomic E-state index is -4.88. The Hall–Kier alpha value is -2.40. The number of ether oxygens (including phenoxy) is 1. The minimum Gasteiger partial charge on any atom is -0.348 e. The first-order valence-corrected chi connectivity index (χ1v) is 11.2. The van der Waals surface area contributed by atoms with Crippen molar-refractivity contribution in [3.63, 3.8) is 0 Å². The zero-order valence-corrected chi connectivity index (χ0v) is 17.6. The van der Waals surface area contributed by atoms with E-state index in [4.69, 9.17) is 4.74 Å². The van der Waals surface area contributed by atoms with E-state index in [0.717, 1.165) is 5.56 Å². The van der Waals surface area contributed by atoms with E-state index in [0.29, 0.717) is 0 Å². The van der Waals surface area contributed by atoms with Gasteiger partial charge < -0.3 is 4.74 Å². The van der Waals surface area contributed by atoms with Crippen molar-refractivity contribution in [2.75, 3.05) is 6.61 Å². The second kappa shape index (κ2) is 8.76. The van der Waals surface area contributed by atoms with Gasteiger partial charge in [0.05, 0.1) is 0 Å². The van der Waals surface area contributed by atoms with Crippen molar-refractivity contribution >= 4 is 17.9 Å². The number of alkyl halides is 3. The van der Waals surface area contributed by atoms with Gasteiger partial charge in [-0.3, -0.25) is 4.57 Å². The van der Waals surface area contributed by atoms with Crippen LogP contribution in [0.25, 0.3) is 0 Å². The summed E-state index contributed by atoms with van der Waals surface area (Å²) < 4.78 is 63.5. The lowest BCUT2D eigenvalue weighted by atomic mass is 10.0. The molecular formula is C23H23F3NO2P. The molecule has 0 spiro atoms. The largest absolute Gasteiger partial charge is 0.436 e. The van der Waals surface area contributed by atoms with Crippen LogP contribution in [-0.4, -0.2) is 12.8 Å². The maximum Gasteiger partial charge on any atom is 0.436 e. The Bertz CT molecular complexity index is 965. The second-order valence-corrected chi connectivity index (χ2v) is 9.35. The SMILES string of the molecule is CCOC(NP(=O)(c1ccccc1)c1ccccc1)(c1ccc(C)cc1)C(F)(F)F. The van der Waals surface area contributed by atoms with Crippen molar-refractivity contribution in [2.24, 2.45) is 0 Å². The van der Waals surface area contributed by atoms with E-state index < -0.39 is 19.2 Å². The Morgan fingerprint density at radius 2 is 1.30 bits per heavy atom. The summed E-state index contributed by atoms with van der Waals surface area (Å²) in [5.74, 6) is 0. The lowest BCUT2D eigenvalue weighted by Crippen LogP contribution is -2.56. The van der Waals surface area contributed by atoms with Crippen LogP contribution in [-0.2, 0) is 15.0 Å². The molecule has 3 aromatic carbocycles. The van der Waals surface area contributed by atoms with E-state index in [-0.39, 0.29) is 22.8 Å². The van der Waals surface area contributed by atoms with Crippen molar-refractivity contribution in [3.05, 3.63) is 96.1 Å². The molecule has 0 bridgehead atoms. The Morgan fingerprint density at radius 1 is 0.833 bits per heavy atom. The first-order chi connectivity index (χ1) is 14.2. The fourth-order valence-electron chi connectivity index (χ4n) is 3.27. The van der Waals surface area contributed by atoms with E-state index in [1.54, 1.807) is 79.7 Å². The van der Waals surface area contributed by atoms with E-state index in [9.17, 15) is 17.7 Å². The third-order valence-electron chi connectivity index (χ3n) is 4.77. The molecule has 0 aliphatic rings. The highest BCUT2D eigenvalue weighted by atomic mass is 31.2. The summed E-state index contributed by atoms with van der Waals surface area (Å²) in [6.07, 6.45) is -4.88. The summed E-state index contributed by atoms with van der Waals surface area (Å²) >= 11 is 0. The lowest BCUT2D eigenvalue weighted by Gasteiger charge is -2.39. The first-order valence-electron chi connectivity index (χ1n) is 9.51. The molecule has 0 saturated heterocycles. The molecular weight excluding hydrogens is 410 g/mol. The third-order valence-corrected chi connectivity index (χ3v) is 7.45. The Morgan fingerprint density at radius 3 is 1.70 bits per heavy atom. The lowest BCUT2D eigenvalue weighted by molar-refractivity contribution is -0.289. The molecule has 3 nitrogen and oxygen atoms in total. The topological polar surface area (TPSA) is 38.3 Å². The van der Waals surface area contributed by atoms with Gasteiger partial charge in [-0.05, 0) is 38.1 Å². The molecule has 1 unspecified atom stereocenters. The molecule has 3 aromatic rings. The van der Waals surface area contributed by atoms with Gasteiger partial charge in [-0.2, -0.15) is 13.2 Å². The summed E-state index contributed by atoms with van der Waals surface area (Å²) in [4.78, 5) is 0. The quantitative estimate of drug-likeness (QED) is 0.408. The van der Waals surface area contributed by atoms with Gasteiger partial charge in [-0.15, -0.1) is 0 Å². The van der Waals surface area contributed by atoms with Gasteiger partial charge in [0.25, 0.3) is 0 Å². The first kappa shape index (κ1) is 22.3. The molecule has 158 valence electrons. The van der Waals surface area contributed by atoms with Crippen LogP contribution < -0.4 is 15.7 Å². The Labute approximate surface area is 174 Å². The zero-order valence-electron chi connectivity index (χ0n) is 16.7. The number of aryl methyl sites for hydroxylation is 1. The van der Waals surface area contributed by atoms with Crippen LogP contribution in [0.1, 0.15) is 18.1 Å². The van der Waals surface area contributed by atoms with Crippen molar-refractivity contribution in [2.45, 2.75) is 25.7 Å². The highest BCUT2D eigenvalue weighted by Gasteiger charge is 2.60. The summed E-state index contributed by atoms with van der Waals surface area (Å²) in [6, 6.07) is 22.1. The van der Waals surface area contributed by atoms with Gasteiger partial charge in [-0.25, -0.2) is 5.09 Å². The fraction of sp³-hybridized carbons (Fsp3) is 0.217. The van der Waals surface area contributed by atoms with Gasteiger partial charge >= 0.3 is 6.18 Å². The van der Waals surface area contributed by atoms with Crippen LogP contribution in [0.2, 0.25) is 0 Å². The van der Waals surface area contributed by atoms with Crippen molar-refractivity contribution < 1.29 is 22.5 Å². The van der Waals surface area contributed by atoms with E-state index in [1.165, 1.54) is 19.1 Å². The standard InChI is InChI=1S/C23H23F3NO2P/c1-3-29-22(23(24,25)26,19-16-14-18(2)15-17-19)27-30(28,20-10-6-4-7-11-20)21-12-8-5-9-13-21/h4-17H,3H2,1-2H3,(H,27,28). The summed E-state index contributed by atoms with van der Waals surface area (Å²) in [5.41, 5.74) is -2.30. The van der Waals surface area contributed by atoms with Crippen molar-refractivity contribution in [1.29, 1.82) is 0 Å². The summed E-state index contributed by atoms with van der Waals surface area (Å²) in [5, 5.41) is 2.98. The van der Waals surface area contributed by atoms with Crippen molar-refractivity contribution in [3.8, 4) is 0 Å². The molecule has 0 radical (unpaired) electrons. The van der Waals surface area contributed by atoms with Crippen LogP contribution in [0.5, 0.6) is 0 Å². The van der Waals surface area contributed by atoms with E-state index >= 15 is 0 Å². The average molecular weight is 433 g/mol. The predicted octanol–water partition coefficient (Wildman–Crippen LogP) is 5.27. The number of hydrogen-bond donors (Lipinski definition) is 1. The van der Waals surface area contributed by atoms with Gasteiger partial charge in [-0.1, -0.05) is 66.2 Å². The molecule has 30 heavy (non-hydrogen) atoms. The average Bonchev–Trinajstić information content (AvgIpc) is 2.74. The van der Waals surface area contributed by atoms with Gasteiger partial charge in [0, 0.05) is 22.8 Å². The highest BCUT2D eigenvalue weighted by Crippen LogP contribution is 2.50. The number of hydrogen-bond acceptors (Lipinski definition) is 2. The zero-order chi connectivity index (χ0) is 21.8. The molecule has 1 atom stereocenters. The molecule has 3 rings (SSSR count). The Kier molecular flexibility index (Phi) is 6.51. The molecule has 7 heteroatoms. The van der Waals surface area contributed by atoms with E-state index in [1.807, 2.05) is 0 Å². The van der Waals surface area contributed by atoms with Gasteiger partial charge in [0.15, 0.2) is 0 Å². The second-order valence-electron chi connectivity index (χ2n) is 6.87. The molecule has 0 saturated carbocycles. The number of rotatable bonds is 7. The van der Waals surface area contributed by atoms with Crippen LogP contribution in [0, 0.1) is 6.92 Å². The van der Waals surface area contributed by atoms with Crippen molar-refractivity contribution in [1.82, 2.24) is 5.09 Å². The monoisotopic (exact) mass is 433 g/mol. The smallest absolute Gasteiger partial charge is 0.348 e. The van der Waals surface area contributed by atoms with Gasteiger partial charge in [0.2, 0.25) is 13.0 Å². The van der Waals surface area contributed by atoms with E-state index in [2.05, 4.69) is 5.09 Å². The summed E-state index contributed by atoms with van der Waals surface area (Å²) in [7, 11) is -3.94. The fourth-order valence-corrected chi connectivity index (χ4v) is 5.77. The third kappa shape index (κ3) is 4.22. The Balaban J connectivity index is 2.26. The molecule has 0 aromatic heterocycles. The van der Waals surface area contributed by atoms with Crippen LogP contribution in [0.4, 0.5) is 13.2 Å². The normalized spacial score (nSPS) is 14.3. The van der Waals surface area contributed by atoms with Crippen LogP contribution in [0.3, 0.4) is 0 Å². The minimum absolute atomic E-state index is 0.158. The number of halogens is 3. The number of nitrogens with one attached hydrogen (secondary N) is 1. The predicted molar refractivity (Wildman–Crippen MR) is 113 cm³/mol. The summed E-state index contributed by atoms with van der Waals surface area (Å²) in [6.45, 7) is 3.03. The maximum absolute atomic E-state index is 14.6. The van der Waals surface area contributed by atoms with Crippen LogP contribution in [0.15, 0.2) is 84.9 Å². The molecule has 0 heterocycles. The molecule has 0 fully saturated rings. The van der Waals surface area contributed by atoms with Gasteiger partial charge in [0.1, 0.15) is 0 Å². The molecule has 1 N–H and O–H groups in total. The highest BCUT2D eigenvalue weighted by molar-refractivity contribution is 7.77. The maximum atomic E-state index is 14.6. The molecule has 0 amide bonds. The number of benzene rings is 3. The van der Waals surface area contributed by atoms with Crippen LogP contribution >= 0.6 is 7.29 Å². The molecule has 0 aliphatic carbocycles. The molecule has 0 aliphatic heterocycles.